The number of halogens is 3. The summed E-state index contributed by atoms with van der Waals surface area (Å²) < 4.78 is 38.7. The molecule has 0 atom stereocenters. The van der Waals surface area contributed by atoms with Crippen LogP contribution in [0.2, 0.25) is 0 Å². The van der Waals surface area contributed by atoms with Crippen molar-refractivity contribution in [2.75, 3.05) is 18.4 Å². The third kappa shape index (κ3) is 5.14. The number of hydrogen-bond acceptors (Lipinski definition) is 4. The van der Waals surface area contributed by atoms with Crippen LogP contribution in [0.5, 0.6) is 5.75 Å². The number of amides is 1. The van der Waals surface area contributed by atoms with E-state index in [0.29, 0.717) is 25.1 Å². The number of hydrogen-bond donors (Lipinski definition) is 3. The highest BCUT2D eigenvalue weighted by Gasteiger charge is 2.33. The minimum atomic E-state index is -4.60. The van der Waals surface area contributed by atoms with Crippen LogP contribution in [0.4, 0.5) is 18.9 Å². The highest BCUT2D eigenvalue weighted by Crippen LogP contribution is 2.33. The van der Waals surface area contributed by atoms with E-state index in [2.05, 4.69) is 10.6 Å². The number of carbonyl (C=O) groups excluding carboxylic acids is 1. The van der Waals surface area contributed by atoms with Gasteiger partial charge in [-0.1, -0.05) is 6.07 Å². The van der Waals surface area contributed by atoms with Gasteiger partial charge in [-0.2, -0.15) is 18.4 Å². The smallest absolute Gasteiger partial charge is 0.417 e. The lowest BCUT2D eigenvalue weighted by Crippen LogP contribution is -2.25. The van der Waals surface area contributed by atoms with Gasteiger partial charge in [-0.05, 0) is 42.8 Å². The van der Waals surface area contributed by atoms with E-state index in [1.165, 1.54) is 24.3 Å². The van der Waals surface area contributed by atoms with E-state index >= 15 is 0 Å². The topological polar surface area (TPSA) is 85.2 Å². The molecule has 0 spiro atoms. The second-order valence-corrected chi connectivity index (χ2v) is 5.46. The minimum absolute atomic E-state index is 0.0133. The molecule has 0 aliphatic rings. The van der Waals surface area contributed by atoms with E-state index in [1.807, 2.05) is 0 Å². The molecular formula is C18H16F3N3O2. The molecule has 136 valence electrons. The lowest BCUT2D eigenvalue weighted by molar-refractivity contribution is -0.137. The number of nitrogens with zero attached hydrogens (tertiary/aromatic N) is 1. The Kier molecular flexibility index (Phi) is 6.07. The molecule has 0 radical (unpaired) electrons. The predicted molar refractivity (Wildman–Crippen MR) is 89.7 cm³/mol. The Morgan fingerprint density at radius 2 is 1.92 bits per heavy atom. The number of alkyl halides is 3. The number of nitrogens with one attached hydrogen (secondary N) is 2. The van der Waals surface area contributed by atoms with Gasteiger partial charge in [-0.3, -0.25) is 4.79 Å². The van der Waals surface area contributed by atoms with Crippen LogP contribution >= 0.6 is 0 Å². The fourth-order valence-electron chi connectivity index (χ4n) is 2.26. The maximum Gasteiger partial charge on any atom is 0.417 e. The Hall–Kier alpha value is -3.21. The zero-order valence-corrected chi connectivity index (χ0v) is 13.6. The first-order valence-electron chi connectivity index (χ1n) is 7.73. The van der Waals surface area contributed by atoms with Crippen molar-refractivity contribution in [3.63, 3.8) is 0 Å². The van der Waals surface area contributed by atoms with Crippen LogP contribution in [0.25, 0.3) is 0 Å². The number of carbonyl (C=O) groups is 1. The summed E-state index contributed by atoms with van der Waals surface area (Å²) in [6.07, 6.45) is -4.12. The van der Waals surface area contributed by atoms with E-state index in [9.17, 15) is 23.1 Å². The Labute approximate surface area is 148 Å². The molecular weight excluding hydrogens is 347 g/mol. The second-order valence-electron chi connectivity index (χ2n) is 5.46. The van der Waals surface area contributed by atoms with Crippen molar-refractivity contribution in [2.45, 2.75) is 12.6 Å². The monoisotopic (exact) mass is 363 g/mol. The second kappa shape index (κ2) is 8.25. The molecule has 0 fully saturated rings. The maximum atomic E-state index is 12.9. The van der Waals surface area contributed by atoms with Gasteiger partial charge in [-0.15, -0.1) is 0 Å². The average Bonchev–Trinajstić information content (AvgIpc) is 2.60. The lowest BCUT2D eigenvalue weighted by Gasteiger charge is -2.12. The summed E-state index contributed by atoms with van der Waals surface area (Å²) in [5.74, 6) is -0.362. The molecule has 0 saturated heterocycles. The molecule has 2 aromatic carbocycles. The summed E-state index contributed by atoms with van der Waals surface area (Å²) in [5, 5.41) is 23.6. The van der Waals surface area contributed by atoms with Crippen molar-refractivity contribution in [1.29, 1.82) is 5.26 Å². The largest absolute Gasteiger partial charge is 0.508 e. The molecule has 8 heteroatoms. The Morgan fingerprint density at radius 1 is 1.15 bits per heavy atom. The summed E-state index contributed by atoms with van der Waals surface area (Å²) in [4.78, 5) is 11.9. The van der Waals surface area contributed by atoms with Crippen LogP contribution in [0, 0.1) is 11.3 Å². The molecule has 0 aromatic heterocycles. The van der Waals surface area contributed by atoms with Crippen LogP contribution < -0.4 is 10.6 Å². The Bertz CT molecular complexity index is 829. The van der Waals surface area contributed by atoms with Crippen LogP contribution in [0.15, 0.2) is 42.5 Å². The number of nitriles is 1. The van der Waals surface area contributed by atoms with Crippen molar-refractivity contribution in [1.82, 2.24) is 5.32 Å². The van der Waals surface area contributed by atoms with E-state index in [4.69, 9.17) is 5.26 Å². The number of benzene rings is 2. The zero-order chi connectivity index (χ0) is 19.2. The van der Waals surface area contributed by atoms with Gasteiger partial charge >= 0.3 is 6.18 Å². The predicted octanol–water partition coefficient (Wildman–Crippen LogP) is 3.51. The number of phenols is 1. The molecule has 3 N–H and O–H groups in total. The summed E-state index contributed by atoms with van der Waals surface area (Å²) in [6.45, 7) is 0.646. The first-order chi connectivity index (χ1) is 12.3. The van der Waals surface area contributed by atoms with E-state index in [-0.39, 0.29) is 17.3 Å². The molecule has 0 aliphatic heterocycles. The molecule has 0 heterocycles. The fourth-order valence-corrected chi connectivity index (χ4v) is 2.26. The van der Waals surface area contributed by atoms with Crippen molar-refractivity contribution in [3.05, 3.63) is 59.2 Å². The van der Waals surface area contributed by atoms with Crippen LogP contribution in [-0.4, -0.2) is 24.1 Å². The highest BCUT2D eigenvalue weighted by atomic mass is 19.4. The van der Waals surface area contributed by atoms with Gasteiger partial charge < -0.3 is 15.7 Å². The summed E-state index contributed by atoms with van der Waals surface area (Å²) in [5.41, 5.74) is -0.848. The highest BCUT2D eigenvalue weighted by molar-refractivity contribution is 5.94. The Morgan fingerprint density at radius 3 is 2.58 bits per heavy atom. The van der Waals surface area contributed by atoms with E-state index in [1.54, 1.807) is 12.1 Å². The molecule has 0 aliphatic carbocycles. The maximum absolute atomic E-state index is 12.9. The lowest BCUT2D eigenvalue weighted by atomic mass is 10.1. The first kappa shape index (κ1) is 19.1. The quantitative estimate of drug-likeness (QED) is 0.686. The number of aromatic hydroxyl groups is 1. The van der Waals surface area contributed by atoms with Gasteiger partial charge in [0.15, 0.2) is 0 Å². The van der Waals surface area contributed by atoms with Gasteiger partial charge in [0.2, 0.25) is 0 Å². The zero-order valence-electron chi connectivity index (χ0n) is 13.6. The van der Waals surface area contributed by atoms with Gasteiger partial charge in [0.1, 0.15) is 5.75 Å². The summed E-state index contributed by atoms with van der Waals surface area (Å²) >= 11 is 0. The standard InChI is InChI=1S/C18H16F3N3O2/c19-18(20,21)16-10-14(6-5-13(16)11-22)23-7-2-8-24-17(26)12-3-1-4-15(25)9-12/h1,3-6,9-10,23,25H,2,7-8H2,(H,24,26). The number of rotatable bonds is 6. The molecule has 0 bridgehead atoms. The molecule has 2 rings (SSSR count). The third-order valence-corrected chi connectivity index (χ3v) is 3.52. The first-order valence-corrected chi connectivity index (χ1v) is 7.73. The average molecular weight is 363 g/mol. The Balaban J connectivity index is 1.83. The molecule has 1 amide bonds. The van der Waals surface area contributed by atoms with Crippen molar-refractivity contribution < 1.29 is 23.1 Å². The van der Waals surface area contributed by atoms with E-state index in [0.717, 1.165) is 12.1 Å². The molecule has 0 saturated carbocycles. The molecule has 26 heavy (non-hydrogen) atoms. The van der Waals surface area contributed by atoms with Crippen LogP contribution in [0.1, 0.15) is 27.9 Å². The number of phenolic OH excluding ortho intramolecular Hbond substituents is 1. The molecule has 5 nitrogen and oxygen atoms in total. The minimum Gasteiger partial charge on any atom is -0.508 e. The van der Waals surface area contributed by atoms with Gasteiger partial charge in [0, 0.05) is 24.3 Å². The van der Waals surface area contributed by atoms with Gasteiger partial charge in [0.25, 0.3) is 5.91 Å². The van der Waals surface area contributed by atoms with Crippen molar-refractivity contribution in [2.24, 2.45) is 0 Å². The fraction of sp³-hybridized carbons (Fsp3) is 0.222. The van der Waals surface area contributed by atoms with E-state index < -0.39 is 17.3 Å². The SMILES string of the molecule is N#Cc1ccc(NCCCNC(=O)c2cccc(O)c2)cc1C(F)(F)F. The summed E-state index contributed by atoms with van der Waals surface area (Å²) in [6, 6.07) is 10.8. The summed E-state index contributed by atoms with van der Waals surface area (Å²) in [7, 11) is 0. The number of anilines is 1. The van der Waals surface area contributed by atoms with Gasteiger partial charge in [-0.25, -0.2) is 0 Å². The van der Waals surface area contributed by atoms with Crippen molar-refractivity contribution >= 4 is 11.6 Å². The van der Waals surface area contributed by atoms with Crippen molar-refractivity contribution in [3.8, 4) is 11.8 Å². The normalized spacial score (nSPS) is 10.8. The third-order valence-electron chi connectivity index (χ3n) is 3.52. The molecule has 0 unspecified atom stereocenters. The van der Waals surface area contributed by atoms with Gasteiger partial charge in [0.05, 0.1) is 17.2 Å². The van der Waals surface area contributed by atoms with Crippen LogP contribution in [0.3, 0.4) is 0 Å². The molecule has 2 aromatic rings. The van der Waals surface area contributed by atoms with Crippen LogP contribution in [-0.2, 0) is 6.18 Å².